The van der Waals surface area contributed by atoms with Crippen LogP contribution in [0, 0.1) is 5.92 Å². The maximum absolute atomic E-state index is 12.7. The zero-order valence-corrected chi connectivity index (χ0v) is 18.0. The first-order valence-corrected chi connectivity index (χ1v) is 11.4. The second kappa shape index (κ2) is 10.1. The molecule has 2 N–H and O–H groups in total. The topological polar surface area (TPSA) is 94.5 Å². The number of benzene rings is 1. The quantitative estimate of drug-likeness (QED) is 0.588. The SMILES string of the molecule is O=C1CN2Cc3c(cccc3OCCCC(=O)N(CCO)CC3CCCCC3)N=C2N1. The highest BCUT2D eigenvalue weighted by Gasteiger charge is 2.30. The molecule has 2 aliphatic heterocycles. The summed E-state index contributed by atoms with van der Waals surface area (Å²) < 4.78 is 6.00. The zero-order chi connectivity index (χ0) is 21.6. The summed E-state index contributed by atoms with van der Waals surface area (Å²) in [5.41, 5.74) is 1.77. The number of fused-ring (bicyclic) bond motifs is 2. The van der Waals surface area contributed by atoms with Crippen molar-refractivity contribution in [2.24, 2.45) is 10.9 Å². The molecule has 0 unspecified atom stereocenters. The number of aliphatic hydroxyl groups excluding tert-OH is 1. The van der Waals surface area contributed by atoms with Gasteiger partial charge in [-0.2, -0.15) is 0 Å². The monoisotopic (exact) mass is 428 g/mol. The Morgan fingerprint density at radius 2 is 2.10 bits per heavy atom. The van der Waals surface area contributed by atoms with Crippen molar-refractivity contribution in [3.63, 3.8) is 0 Å². The van der Waals surface area contributed by atoms with Gasteiger partial charge in [0.2, 0.25) is 17.8 Å². The molecule has 2 amide bonds. The Morgan fingerprint density at radius 3 is 2.90 bits per heavy atom. The van der Waals surface area contributed by atoms with E-state index in [1.807, 2.05) is 28.0 Å². The summed E-state index contributed by atoms with van der Waals surface area (Å²) in [5, 5.41) is 12.1. The minimum absolute atomic E-state index is 0.00147. The molecule has 2 fully saturated rings. The number of hydrogen-bond acceptors (Lipinski definition) is 6. The van der Waals surface area contributed by atoms with E-state index in [1.165, 1.54) is 32.1 Å². The summed E-state index contributed by atoms with van der Waals surface area (Å²) in [6, 6.07) is 5.72. The second-order valence-corrected chi connectivity index (χ2v) is 8.61. The van der Waals surface area contributed by atoms with Crippen LogP contribution in [0.3, 0.4) is 0 Å². The number of amides is 2. The summed E-state index contributed by atoms with van der Waals surface area (Å²) in [5.74, 6) is 1.96. The number of aliphatic imine (C=N–C) groups is 1. The minimum Gasteiger partial charge on any atom is -0.493 e. The van der Waals surface area contributed by atoms with Crippen molar-refractivity contribution >= 4 is 23.5 Å². The predicted molar refractivity (Wildman–Crippen MR) is 117 cm³/mol. The molecule has 3 aliphatic rings. The Bertz CT molecular complexity index is 835. The Hall–Kier alpha value is -2.61. The highest BCUT2D eigenvalue weighted by molar-refractivity contribution is 6.05. The standard InChI is InChI=1S/C23H32N4O4/c28-12-11-26(14-17-6-2-1-3-7-17)22(30)10-5-13-31-20-9-4-8-19-18(20)15-27-16-21(29)25-23(27)24-19/h4,8-9,17,28H,1-3,5-7,10-16H2,(H,24,25,29). The van der Waals surface area contributed by atoms with Crippen LogP contribution in [-0.4, -0.2) is 65.5 Å². The van der Waals surface area contributed by atoms with E-state index >= 15 is 0 Å². The van der Waals surface area contributed by atoms with Crippen LogP contribution in [0.25, 0.3) is 0 Å². The van der Waals surface area contributed by atoms with Crippen molar-refractivity contribution in [3.8, 4) is 5.75 Å². The molecule has 0 bridgehead atoms. The zero-order valence-electron chi connectivity index (χ0n) is 18.0. The normalized spacial score (nSPS) is 18.2. The van der Waals surface area contributed by atoms with Crippen LogP contribution >= 0.6 is 0 Å². The lowest BCUT2D eigenvalue weighted by atomic mass is 9.89. The van der Waals surface area contributed by atoms with Gasteiger partial charge in [-0.15, -0.1) is 0 Å². The lowest BCUT2D eigenvalue weighted by Gasteiger charge is -2.29. The second-order valence-electron chi connectivity index (χ2n) is 8.61. The molecule has 4 rings (SSSR count). The maximum Gasteiger partial charge on any atom is 0.246 e. The first-order valence-electron chi connectivity index (χ1n) is 11.4. The van der Waals surface area contributed by atoms with Gasteiger partial charge in [0, 0.05) is 25.1 Å². The van der Waals surface area contributed by atoms with Crippen molar-refractivity contribution in [3.05, 3.63) is 23.8 Å². The average molecular weight is 429 g/mol. The maximum atomic E-state index is 12.7. The summed E-state index contributed by atoms with van der Waals surface area (Å²) >= 11 is 0. The van der Waals surface area contributed by atoms with Crippen LogP contribution in [0.1, 0.15) is 50.5 Å². The molecule has 0 aromatic heterocycles. The van der Waals surface area contributed by atoms with Crippen LogP contribution in [0.2, 0.25) is 0 Å². The fraction of sp³-hybridized carbons (Fsp3) is 0.609. The molecule has 168 valence electrons. The third kappa shape index (κ3) is 5.36. The van der Waals surface area contributed by atoms with E-state index in [1.54, 1.807) is 0 Å². The lowest BCUT2D eigenvalue weighted by Crippen LogP contribution is -2.38. The van der Waals surface area contributed by atoms with Gasteiger partial charge in [0.1, 0.15) is 12.3 Å². The number of nitrogens with zero attached hydrogens (tertiary/aromatic N) is 3. The molecular formula is C23H32N4O4. The fourth-order valence-electron chi connectivity index (χ4n) is 4.66. The first kappa shape index (κ1) is 21.6. The van der Waals surface area contributed by atoms with Gasteiger partial charge < -0.3 is 19.6 Å². The molecule has 1 aromatic rings. The molecule has 8 heteroatoms. The van der Waals surface area contributed by atoms with Crippen LogP contribution < -0.4 is 10.1 Å². The summed E-state index contributed by atoms with van der Waals surface area (Å²) in [6.07, 6.45) is 7.17. The van der Waals surface area contributed by atoms with E-state index in [0.717, 1.165) is 23.5 Å². The van der Waals surface area contributed by atoms with Crippen LogP contribution in [0.5, 0.6) is 5.75 Å². The molecule has 0 atom stereocenters. The number of guanidine groups is 1. The van der Waals surface area contributed by atoms with Gasteiger partial charge in [0.25, 0.3) is 0 Å². The van der Waals surface area contributed by atoms with Gasteiger partial charge in [0.05, 0.1) is 25.4 Å². The van der Waals surface area contributed by atoms with Crippen molar-refractivity contribution in [2.45, 2.75) is 51.5 Å². The van der Waals surface area contributed by atoms with E-state index < -0.39 is 0 Å². The third-order valence-electron chi connectivity index (χ3n) is 6.29. The lowest BCUT2D eigenvalue weighted by molar-refractivity contribution is -0.132. The molecule has 2 heterocycles. The predicted octanol–water partition coefficient (Wildman–Crippen LogP) is 2.18. The average Bonchev–Trinajstić information content (AvgIpc) is 3.14. The highest BCUT2D eigenvalue weighted by Crippen LogP contribution is 2.34. The smallest absolute Gasteiger partial charge is 0.246 e. The van der Waals surface area contributed by atoms with E-state index in [9.17, 15) is 14.7 Å². The van der Waals surface area contributed by atoms with Crippen molar-refractivity contribution < 1.29 is 19.4 Å². The molecule has 0 radical (unpaired) electrons. The first-order chi connectivity index (χ1) is 15.1. The molecule has 1 aromatic carbocycles. The van der Waals surface area contributed by atoms with Crippen molar-refractivity contribution in [2.75, 3.05) is 32.8 Å². The number of hydrogen-bond donors (Lipinski definition) is 2. The van der Waals surface area contributed by atoms with E-state index in [-0.39, 0.29) is 18.4 Å². The van der Waals surface area contributed by atoms with Gasteiger partial charge >= 0.3 is 0 Å². The Balaban J connectivity index is 1.27. The number of nitrogens with one attached hydrogen (secondary N) is 1. The Kier molecular flexibility index (Phi) is 7.06. The van der Waals surface area contributed by atoms with Crippen molar-refractivity contribution in [1.29, 1.82) is 0 Å². The number of carbonyl (C=O) groups excluding carboxylic acids is 2. The minimum atomic E-state index is -0.0480. The van der Waals surface area contributed by atoms with Gasteiger partial charge in [-0.25, -0.2) is 4.99 Å². The molecular weight excluding hydrogens is 396 g/mol. The largest absolute Gasteiger partial charge is 0.493 e. The third-order valence-corrected chi connectivity index (χ3v) is 6.29. The summed E-state index contributed by atoms with van der Waals surface area (Å²) in [4.78, 5) is 32.6. The highest BCUT2D eigenvalue weighted by atomic mass is 16.5. The molecule has 1 saturated heterocycles. The van der Waals surface area contributed by atoms with E-state index in [0.29, 0.717) is 51.0 Å². The van der Waals surface area contributed by atoms with Crippen LogP contribution in [0.15, 0.2) is 23.2 Å². The summed E-state index contributed by atoms with van der Waals surface area (Å²) in [7, 11) is 0. The van der Waals surface area contributed by atoms with Crippen LogP contribution in [0.4, 0.5) is 5.69 Å². The molecule has 0 spiro atoms. The number of aliphatic hydroxyl groups is 1. The Morgan fingerprint density at radius 1 is 1.26 bits per heavy atom. The van der Waals surface area contributed by atoms with Gasteiger partial charge in [-0.05, 0) is 37.3 Å². The van der Waals surface area contributed by atoms with Gasteiger partial charge in [-0.3, -0.25) is 14.9 Å². The van der Waals surface area contributed by atoms with Crippen LogP contribution in [-0.2, 0) is 16.1 Å². The fourth-order valence-corrected chi connectivity index (χ4v) is 4.66. The number of rotatable bonds is 9. The molecule has 8 nitrogen and oxygen atoms in total. The molecule has 31 heavy (non-hydrogen) atoms. The van der Waals surface area contributed by atoms with Crippen molar-refractivity contribution in [1.82, 2.24) is 15.1 Å². The van der Waals surface area contributed by atoms with E-state index in [2.05, 4.69) is 10.3 Å². The van der Waals surface area contributed by atoms with Gasteiger partial charge in [0.15, 0.2) is 0 Å². The number of carbonyl (C=O) groups is 2. The molecule has 1 aliphatic carbocycles. The Labute approximate surface area is 183 Å². The van der Waals surface area contributed by atoms with E-state index in [4.69, 9.17) is 4.74 Å². The van der Waals surface area contributed by atoms with Gasteiger partial charge in [-0.1, -0.05) is 25.3 Å². The number of ether oxygens (including phenoxy) is 1. The summed E-state index contributed by atoms with van der Waals surface area (Å²) in [6.45, 7) is 2.49. The molecule has 1 saturated carbocycles.